The van der Waals surface area contributed by atoms with Crippen LogP contribution in [0.2, 0.25) is 0 Å². The van der Waals surface area contributed by atoms with E-state index < -0.39 is 0 Å². The van der Waals surface area contributed by atoms with Crippen LogP contribution in [-0.2, 0) is 6.54 Å². The van der Waals surface area contributed by atoms with E-state index in [1.807, 2.05) is 0 Å². The molecule has 3 aromatic rings. The van der Waals surface area contributed by atoms with Crippen molar-refractivity contribution >= 4 is 0 Å². The van der Waals surface area contributed by atoms with Crippen LogP contribution in [0.15, 0.2) is 22.6 Å². The normalized spacial score (nSPS) is 14.9. The summed E-state index contributed by atoms with van der Waals surface area (Å²) < 4.78 is 19.0. The van der Waals surface area contributed by atoms with Gasteiger partial charge in [0.1, 0.15) is 12.4 Å². The van der Waals surface area contributed by atoms with Crippen LogP contribution in [0, 0.1) is 12.7 Å². The number of hydrogen-bond donors (Lipinski definition) is 0. The van der Waals surface area contributed by atoms with E-state index in [1.54, 1.807) is 19.1 Å². The number of benzene rings is 1. The molecule has 1 saturated carbocycles. The summed E-state index contributed by atoms with van der Waals surface area (Å²) in [5, 5.41) is 20.4. The molecule has 1 aliphatic carbocycles. The molecule has 0 N–H and O–H groups in total. The van der Waals surface area contributed by atoms with Crippen LogP contribution in [0.25, 0.3) is 11.4 Å². The third-order valence-electron chi connectivity index (χ3n) is 4.08. The summed E-state index contributed by atoms with van der Waals surface area (Å²) in [7, 11) is 0. The van der Waals surface area contributed by atoms with E-state index in [1.165, 1.54) is 17.3 Å². The summed E-state index contributed by atoms with van der Waals surface area (Å²) in [5.74, 6) is 1.74. The average Bonchev–Trinajstić information content (AvgIpc) is 3.11. The fraction of sp³-hybridized carbons (Fsp3) is 0.400. The molecule has 7 nitrogen and oxygen atoms in total. The molecule has 0 amide bonds. The van der Waals surface area contributed by atoms with Gasteiger partial charge in [-0.2, -0.15) is 4.80 Å². The standard InChI is InChI=1S/C15H15FN6O/c1-9-7-11(5-6-12(9)16)14-18-21-22(20-14)8-13-17-19-15(23-13)10-3-2-4-10/h5-7,10H,2-4,8H2,1H3. The van der Waals surface area contributed by atoms with E-state index in [0.29, 0.717) is 29.1 Å². The molecule has 1 aromatic carbocycles. The van der Waals surface area contributed by atoms with E-state index >= 15 is 0 Å². The predicted molar refractivity (Wildman–Crippen MR) is 77.9 cm³/mol. The SMILES string of the molecule is Cc1cc(-c2nnn(Cc3nnc(C4CCC4)o3)n2)ccc1F. The Hall–Kier alpha value is -2.64. The van der Waals surface area contributed by atoms with Crippen molar-refractivity contribution in [3.05, 3.63) is 41.4 Å². The average molecular weight is 314 g/mol. The van der Waals surface area contributed by atoms with Gasteiger partial charge in [0.05, 0.1) is 0 Å². The molecule has 1 fully saturated rings. The van der Waals surface area contributed by atoms with Crippen molar-refractivity contribution < 1.29 is 8.81 Å². The molecule has 2 heterocycles. The zero-order chi connectivity index (χ0) is 15.8. The zero-order valence-electron chi connectivity index (χ0n) is 12.6. The number of nitrogens with zero attached hydrogens (tertiary/aromatic N) is 6. The predicted octanol–water partition coefficient (Wildman–Crippen LogP) is 2.49. The first-order valence-corrected chi connectivity index (χ1v) is 7.55. The third kappa shape index (κ3) is 2.71. The maximum absolute atomic E-state index is 13.3. The van der Waals surface area contributed by atoms with Gasteiger partial charge in [-0.3, -0.25) is 0 Å². The summed E-state index contributed by atoms with van der Waals surface area (Å²) in [4.78, 5) is 1.39. The first-order valence-electron chi connectivity index (χ1n) is 7.55. The highest BCUT2D eigenvalue weighted by Gasteiger charge is 2.25. The Bertz CT molecular complexity index is 838. The summed E-state index contributed by atoms with van der Waals surface area (Å²) in [6, 6.07) is 4.72. The molecular formula is C15H15FN6O. The Labute approximate surface area is 131 Å². The first kappa shape index (κ1) is 14.0. The van der Waals surface area contributed by atoms with Gasteiger partial charge in [0.15, 0.2) is 0 Å². The summed E-state index contributed by atoms with van der Waals surface area (Å²) in [5.41, 5.74) is 1.26. The molecule has 0 unspecified atom stereocenters. The summed E-state index contributed by atoms with van der Waals surface area (Å²) in [6.07, 6.45) is 3.43. The lowest BCUT2D eigenvalue weighted by atomic mass is 9.85. The molecule has 4 rings (SSSR count). The molecule has 2 aromatic heterocycles. The molecular weight excluding hydrogens is 299 g/mol. The molecule has 1 aliphatic rings. The van der Waals surface area contributed by atoms with Gasteiger partial charge in [-0.25, -0.2) is 4.39 Å². The Balaban J connectivity index is 1.51. The smallest absolute Gasteiger partial charge is 0.239 e. The number of hydrogen-bond acceptors (Lipinski definition) is 6. The lowest BCUT2D eigenvalue weighted by Gasteiger charge is -2.20. The molecule has 8 heteroatoms. The summed E-state index contributed by atoms with van der Waals surface area (Å²) >= 11 is 0. The maximum atomic E-state index is 13.3. The first-order chi connectivity index (χ1) is 11.2. The fourth-order valence-corrected chi connectivity index (χ4v) is 2.48. The van der Waals surface area contributed by atoms with Gasteiger partial charge in [-0.1, -0.05) is 6.42 Å². The minimum atomic E-state index is -0.254. The van der Waals surface area contributed by atoms with Crippen molar-refractivity contribution in [2.75, 3.05) is 0 Å². The Kier molecular flexibility index (Phi) is 3.36. The van der Waals surface area contributed by atoms with Crippen molar-refractivity contribution in [3.8, 4) is 11.4 Å². The van der Waals surface area contributed by atoms with Crippen LogP contribution < -0.4 is 0 Å². The fourth-order valence-electron chi connectivity index (χ4n) is 2.48. The lowest BCUT2D eigenvalue weighted by Crippen LogP contribution is -2.08. The number of halogens is 1. The number of aryl methyl sites for hydroxylation is 1. The topological polar surface area (TPSA) is 82.5 Å². The van der Waals surface area contributed by atoms with Crippen LogP contribution in [0.5, 0.6) is 0 Å². The number of rotatable bonds is 4. The van der Waals surface area contributed by atoms with Crippen molar-refractivity contribution in [1.82, 2.24) is 30.4 Å². The second-order valence-corrected chi connectivity index (χ2v) is 5.77. The van der Waals surface area contributed by atoms with Gasteiger partial charge in [-0.05, 0) is 48.7 Å². The lowest BCUT2D eigenvalue weighted by molar-refractivity contribution is 0.318. The minimum absolute atomic E-state index is 0.254. The van der Waals surface area contributed by atoms with Gasteiger partial charge < -0.3 is 4.42 Å². The van der Waals surface area contributed by atoms with Crippen LogP contribution in [-0.4, -0.2) is 30.4 Å². The van der Waals surface area contributed by atoms with E-state index in [0.717, 1.165) is 18.4 Å². The van der Waals surface area contributed by atoms with Gasteiger partial charge >= 0.3 is 0 Å². The highest BCUT2D eigenvalue weighted by Crippen LogP contribution is 2.35. The van der Waals surface area contributed by atoms with E-state index in [2.05, 4.69) is 25.6 Å². The van der Waals surface area contributed by atoms with Crippen LogP contribution in [0.4, 0.5) is 4.39 Å². The minimum Gasteiger partial charge on any atom is -0.423 e. The second-order valence-electron chi connectivity index (χ2n) is 5.77. The van der Waals surface area contributed by atoms with E-state index in [9.17, 15) is 4.39 Å². The Morgan fingerprint density at radius 1 is 1.26 bits per heavy atom. The van der Waals surface area contributed by atoms with Crippen LogP contribution in [0.1, 0.15) is 42.5 Å². The zero-order valence-corrected chi connectivity index (χ0v) is 12.6. The molecule has 0 radical (unpaired) electrons. The Morgan fingerprint density at radius 3 is 2.87 bits per heavy atom. The molecule has 0 spiro atoms. The van der Waals surface area contributed by atoms with Crippen molar-refractivity contribution in [1.29, 1.82) is 0 Å². The second kappa shape index (κ2) is 5.53. The van der Waals surface area contributed by atoms with Crippen molar-refractivity contribution in [3.63, 3.8) is 0 Å². The molecule has 0 atom stereocenters. The maximum Gasteiger partial charge on any atom is 0.239 e. The van der Waals surface area contributed by atoms with Gasteiger partial charge in [0.25, 0.3) is 0 Å². The molecule has 0 aliphatic heterocycles. The Morgan fingerprint density at radius 2 is 2.13 bits per heavy atom. The van der Waals surface area contributed by atoms with Crippen LogP contribution >= 0.6 is 0 Å². The molecule has 118 valence electrons. The van der Waals surface area contributed by atoms with E-state index in [4.69, 9.17) is 4.42 Å². The highest BCUT2D eigenvalue weighted by molar-refractivity contribution is 5.55. The van der Waals surface area contributed by atoms with Crippen molar-refractivity contribution in [2.24, 2.45) is 0 Å². The number of tetrazole rings is 1. The summed E-state index contributed by atoms with van der Waals surface area (Å²) in [6.45, 7) is 1.97. The monoisotopic (exact) mass is 314 g/mol. The van der Waals surface area contributed by atoms with Gasteiger partial charge in [0.2, 0.25) is 17.6 Å². The molecule has 0 bridgehead atoms. The quantitative estimate of drug-likeness (QED) is 0.736. The van der Waals surface area contributed by atoms with Crippen LogP contribution in [0.3, 0.4) is 0 Å². The highest BCUT2D eigenvalue weighted by atomic mass is 19.1. The van der Waals surface area contributed by atoms with Gasteiger partial charge in [0, 0.05) is 11.5 Å². The van der Waals surface area contributed by atoms with Gasteiger partial charge in [-0.15, -0.1) is 20.4 Å². The largest absolute Gasteiger partial charge is 0.423 e. The number of aromatic nitrogens is 6. The van der Waals surface area contributed by atoms with Crippen molar-refractivity contribution in [2.45, 2.75) is 38.6 Å². The molecule has 0 saturated heterocycles. The third-order valence-corrected chi connectivity index (χ3v) is 4.08. The molecule has 23 heavy (non-hydrogen) atoms. The van der Waals surface area contributed by atoms with E-state index in [-0.39, 0.29) is 12.4 Å².